The molecule has 0 fully saturated rings. The van der Waals surface area contributed by atoms with E-state index in [0.29, 0.717) is 10.8 Å². The van der Waals surface area contributed by atoms with Crippen molar-refractivity contribution in [1.82, 2.24) is 14.8 Å². The minimum absolute atomic E-state index is 0.196. The summed E-state index contributed by atoms with van der Waals surface area (Å²) in [5.41, 5.74) is 6.00. The van der Waals surface area contributed by atoms with Crippen LogP contribution in [-0.4, -0.2) is 20.7 Å². The van der Waals surface area contributed by atoms with Gasteiger partial charge in [0.05, 0.1) is 5.69 Å². The number of hydrogen-bond acceptors (Lipinski definition) is 4. The Balaban J connectivity index is 1.53. The second kappa shape index (κ2) is 5.87. The number of nitrogens with one attached hydrogen (secondary N) is 1. The van der Waals surface area contributed by atoms with Gasteiger partial charge in [-0.25, -0.2) is 4.98 Å². The maximum atomic E-state index is 12.4. The molecule has 1 aromatic carbocycles. The van der Waals surface area contributed by atoms with E-state index in [4.69, 9.17) is 0 Å². The lowest BCUT2D eigenvalue weighted by atomic mass is 10.0. The second-order valence-corrected chi connectivity index (χ2v) is 7.02. The summed E-state index contributed by atoms with van der Waals surface area (Å²) in [5.74, 6) is -0.196. The average Bonchev–Trinajstić information content (AvgIpc) is 3.22. The Labute approximate surface area is 144 Å². The molecule has 0 bridgehead atoms. The summed E-state index contributed by atoms with van der Waals surface area (Å²) in [6, 6.07) is 8.17. The molecule has 2 aromatic heterocycles. The fraction of sp³-hybridized carbons (Fsp3) is 0.278. The zero-order chi connectivity index (χ0) is 16.7. The molecule has 1 aliphatic heterocycles. The zero-order valence-corrected chi connectivity index (χ0v) is 14.5. The van der Waals surface area contributed by atoms with Gasteiger partial charge >= 0.3 is 0 Å². The monoisotopic (exact) mass is 338 g/mol. The van der Waals surface area contributed by atoms with Crippen molar-refractivity contribution in [3.63, 3.8) is 0 Å². The van der Waals surface area contributed by atoms with E-state index in [9.17, 15) is 4.79 Å². The maximum absolute atomic E-state index is 12.4. The molecule has 1 aliphatic rings. The lowest BCUT2D eigenvalue weighted by molar-refractivity contribution is 0.102. The van der Waals surface area contributed by atoms with Gasteiger partial charge in [-0.1, -0.05) is 23.8 Å². The Morgan fingerprint density at radius 2 is 2.17 bits per heavy atom. The molecule has 122 valence electrons. The molecule has 4 rings (SSSR count). The van der Waals surface area contributed by atoms with Crippen LogP contribution in [0.4, 0.5) is 5.13 Å². The first-order valence-electron chi connectivity index (χ1n) is 8.01. The molecule has 3 heterocycles. The van der Waals surface area contributed by atoms with Crippen LogP contribution in [-0.2, 0) is 13.0 Å². The first-order valence-corrected chi connectivity index (χ1v) is 8.89. The van der Waals surface area contributed by atoms with E-state index in [0.717, 1.165) is 36.3 Å². The van der Waals surface area contributed by atoms with Crippen LogP contribution in [0, 0.1) is 13.8 Å². The highest BCUT2D eigenvalue weighted by Gasteiger charge is 2.19. The fourth-order valence-electron chi connectivity index (χ4n) is 3.09. The van der Waals surface area contributed by atoms with Crippen LogP contribution in [0.5, 0.6) is 0 Å². The number of amides is 1. The highest BCUT2D eigenvalue weighted by molar-refractivity contribution is 7.14. The molecule has 0 radical (unpaired) electrons. The van der Waals surface area contributed by atoms with E-state index in [-0.39, 0.29) is 5.91 Å². The number of rotatable bonds is 3. The molecule has 0 spiro atoms. The molecule has 5 nitrogen and oxygen atoms in total. The summed E-state index contributed by atoms with van der Waals surface area (Å²) in [5, 5.41) is 9.79. The van der Waals surface area contributed by atoms with Crippen LogP contribution in [0.15, 0.2) is 29.6 Å². The number of aryl methyl sites for hydroxylation is 4. The highest BCUT2D eigenvalue weighted by atomic mass is 32.1. The number of carbonyl (C=O) groups excluding carboxylic acids is 1. The SMILES string of the molecule is Cc1ccc(-c2csc(NC(=O)c3cc4n(n3)CCC4)n2)c(C)c1. The molecule has 1 N–H and O–H groups in total. The minimum atomic E-state index is -0.196. The van der Waals surface area contributed by atoms with Crippen molar-refractivity contribution in [1.29, 1.82) is 0 Å². The summed E-state index contributed by atoms with van der Waals surface area (Å²) in [6.07, 6.45) is 2.10. The number of benzene rings is 1. The van der Waals surface area contributed by atoms with Crippen LogP contribution in [0.25, 0.3) is 11.3 Å². The van der Waals surface area contributed by atoms with Gasteiger partial charge in [0.15, 0.2) is 10.8 Å². The average molecular weight is 338 g/mol. The number of thiazole rings is 1. The van der Waals surface area contributed by atoms with Crippen molar-refractivity contribution in [3.05, 3.63) is 52.2 Å². The molecule has 1 amide bonds. The van der Waals surface area contributed by atoms with E-state index < -0.39 is 0 Å². The summed E-state index contributed by atoms with van der Waals surface area (Å²) < 4.78 is 1.91. The van der Waals surface area contributed by atoms with E-state index in [2.05, 4.69) is 47.4 Å². The number of hydrogen-bond donors (Lipinski definition) is 1. The Kier molecular flexibility index (Phi) is 3.69. The first-order chi connectivity index (χ1) is 11.6. The van der Waals surface area contributed by atoms with Crippen LogP contribution < -0.4 is 5.32 Å². The normalized spacial score (nSPS) is 13.1. The van der Waals surface area contributed by atoms with Crippen molar-refractivity contribution in [2.45, 2.75) is 33.2 Å². The Hall–Kier alpha value is -2.47. The van der Waals surface area contributed by atoms with E-state index in [1.165, 1.54) is 22.5 Å². The van der Waals surface area contributed by atoms with Crippen LogP contribution >= 0.6 is 11.3 Å². The number of anilines is 1. The number of fused-ring (bicyclic) bond motifs is 1. The van der Waals surface area contributed by atoms with Gasteiger partial charge in [0.25, 0.3) is 5.91 Å². The van der Waals surface area contributed by atoms with Crippen molar-refractivity contribution >= 4 is 22.4 Å². The Bertz CT molecular complexity index is 903. The van der Waals surface area contributed by atoms with E-state index in [1.807, 2.05) is 16.1 Å². The third-order valence-corrected chi connectivity index (χ3v) is 5.04. The van der Waals surface area contributed by atoms with Gasteiger partial charge in [0.2, 0.25) is 0 Å². The standard InChI is InChI=1S/C18H18N4OS/c1-11-5-6-14(12(2)8-11)16-10-24-18(19-16)20-17(23)15-9-13-4-3-7-22(13)21-15/h5-6,8-10H,3-4,7H2,1-2H3,(H,19,20,23). The topological polar surface area (TPSA) is 59.8 Å². The van der Waals surface area contributed by atoms with Gasteiger partial charge in [-0.2, -0.15) is 5.10 Å². The second-order valence-electron chi connectivity index (χ2n) is 6.16. The highest BCUT2D eigenvalue weighted by Crippen LogP contribution is 2.28. The van der Waals surface area contributed by atoms with Gasteiger partial charge in [0.1, 0.15) is 0 Å². The van der Waals surface area contributed by atoms with Gasteiger partial charge in [0, 0.05) is 23.2 Å². The molecule has 0 atom stereocenters. The summed E-state index contributed by atoms with van der Waals surface area (Å²) in [6.45, 7) is 5.05. The lowest BCUT2D eigenvalue weighted by Gasteiger charge is -2.03. The molecule has 6 heteroatoms. The fourth-order valence-corrected chi connectivity index (χ4v) is 3.79. The zero-order valence-electron chi connectivity index (χ0n) is 13.7. The minimum Gasteiger partial charge on any atom is -0.296 e. The van der Waals surface area contributed by atoms with Crippen LogP contribution in [0.2, 0.25) is 0 Å². The van der Waals surface area contributed by atoms with E-state index >= 15 is 0 Å². The molecular weight excluding hydrogens is 320 g/mol. The molecule has 3 aromatic rings. The Morgan fingerprint density at radius 1 is 1.29 bits per heavy atom. The van der Waals surface area contributed by atoms with Crippen LogP contribution in [0.3, 0.4) is 0 Å². The largest absolute Gasteiger partial charge is 0.296 e. The Morgan fingerprint density at radius 3 is 2.96 bits per heavy atom. The third kappa shape index (κ3) is 2.73. The van der Waals surface area contributed by atoms with Crippen molar-refractivity contribution < 1.29 is 4.79 Å². The maximum Gasteiger partial charge on any atom is 0.277 e. The predicted molar refractivity (Wildman–Crippen MR) is 95.5 cm³/mol. The van der Waals surface area contributed by atoms with Crippen LogP contribution in [0.1, 0.15) is 33.7 Å². The summed E-state index contributed by atoms with van der Waals surface area (Å²) in [4.78, 5) is 16.9. The van der Waals surface area contributed by atoms with E-state index in [1.54, 1.807) is 0 Å². The third-order valence-electron chi connectivity index (χ3n) is 4.28. The van der Waals surface area contributed by atoms with Gasteiger partial charge in [-0.15, -0.1) is 11.3 Å². The molecule has 24 heavy (non-hydrogen) atoms. The summed E-state index contributed by atoms with van der Waals surface area (Å²) >= 11 is 1.43. The molecule has 0 aliphatic carbocycles. The number of aromatic nitrogens is 3. The molecule has 0 unspecified atom stereocenters. The van der Waals surface area contributed by atoms with Crippen molar-refractivity contribution in [3.8, 4) is 11.3 Å². The van der Waals surface area contributed by atoms with Gasteiger partial charge in [-0.05, 0) is 38.3 Å². The van der Waals surface area contributed by atoms with Crippen molar-refractivity contribution in [2.75, 3.05) is 5.32 Å². The summed E-state index contributed by atoms with van der Waals surface area (Å²) in [7, 11) is 0. The number of carbonyl (C=O) groups is 1. The first kappa shape index (κ1) is 15.1. The quantitative estimate of drug-likeness (QED) is 0.790. The lowest BCUT2D eigenvalue weighted by Crippen LogP contribution is -2.13. The molecule has 0 saturated carbocycles. The molecule has 0 saturated heterocycles. The van der Waals surface area contributed by atoms with Crippen molar-refractivity contribution in [2.24, 2.45) is 0 Å². The predicted octanol–water partition coefficient (Wildman–Crippen LogP) is 3.82. The number of nitrogens with zero attached hydrogens (tertiary/aromatic N) is 3. The smallest absolute Gasteiger partial charge is 0.277 e. The molecular formula is C18H18N4OS. The van der Waals surface area contributed by atoms with Gasteiger partial charge < -0.3 is 0 Å². The van der Waals surface area contributed by atoms with Gasteiger partial charge in [-0.3, -0.25) is 14.8 Å².